The van der Waals surface area contributed by atoms with Crippen LogP contribution in [0.3, 0.4) is 0 Å². The van der Waals surface area contributed by atoms with Gasteiger partial charge in [-0.1, -0.05) is 6.07 Å². The van der Waals surface area contributed by atoms with Crippen LogP contribution in [0, 0.1) is 13.8 Å². The molecule has 0 unspecified atom stereocenters. The number of nitrogens with zero attached hydrogens (tertiary/aromatic N) is 1. The van der Waals surface area contributed by atoms with Gasteiger partial charge in [-0.15, -0.1) is 0 Å². The second kappa shape index (κ2) is 8.39. The van der Waals surface area contributed by atoms with Crippen LogP contribution in [0.4, 0.5) is 5.69 Å². The van der Waals surface area contributed by atoms with Crippen LogP contribution in [0.25, 0.3) is 0 Å². The van der Waals surface area contributed by atoms with Gasteiger partial charge < -0.3 is 15.2 Å². The highest BCUT2D eigenvalue weighted by molar-refractivity contribution is 6.01. The van der Waals surface area contributed by atoms with Crippen molar-refractivity contribution < 1.29 is 19.2 Å². The largest absolute Gasteiger partial charge is 0.508 e. The normalized spacial score (nSPS) is 15.5. The van der Waals surface area contributed by atoms with Crippen LogP contribution in [0.5, 0.6) is 5.75 Å². The van der Waals surface area contributed by atoms with Crippen molar-refractivity contribution in [2.24, 2.45) is 0 Å². The molecule has 0 saturated carbocycles. The van der Waals surface area contributed by atoms with E-state index < -0.39 is 11.7 Å². The molecule has 4 rings (SSSR count). The average molecular weight is 423 g/mol. The van der Waals surface area contributed by atoms with E-state index >= 15 is 0 Å². The number of anilines is 1. The summed E-state index contributed by atoms with van der Waals surface area (Å²) < 4.78 is 9.98. The summed E-state index contributed by atoms with van der Waals surface area (Å²) in [6, 6.07) is 7.53. The first-order chi connectivity index (χ1) is 14.9. The molecule has 31 heavy (non-hydrogen) atoms. The number of aromatic hydroxyl groups is 1. The van der Waals surface area contributed by atoms with Gasteiger partial charge in [0.25, 0.3) is 5.91 Å². The molecular weight excluding hydrogens is 398 g/mol. The summed E-state index contributed by atoms with van der Waals surface area (Å²) >= 11 is 0. The van der Waals surface area contributed by atoms with Crippen LogP contribution in [-0.2, 0) is 17.6 Å². The molecule has 8 nitrogen and oxygen atoms in total. The van der Waals surface area contributed by atoms with E-state index in [1.807, 2.05) is 32.0 Å². The van der Waals surface area contributed by atoms with Crippen molar-refractivity contribution in [2.45, 2.75) is 45.6 Å². The van der Waals surface area contributed by atoms with Crippen LogP contribution in [-0.4, -0.2) is 28.3 Å². The number of amides is 1. The molecule has 0 aliphatic heterocycles. The number of aryl methyl sites for hydroxylation is 2. The predicted molar refractivity (Wildman–Crippen MR) is 115 cm³/mol. The number of aromatic nitrogens is 2. The molecule has 2 aromatic carbocycles. The van der Waals surface area contributed by atoms with Crippen molar-refractivity contribution in [1.82, 2.24) is 10.1 Å². The number of hydrogen-bond donors (Lipinski definition) is 3. The maximum absolute atomic E-state index is 12.2. The van der Waals surface area contributed by atoms with E-state index in [0.717, 1.165) is 42.4 Å². The van der Waals surface area contributed by atoms with Gasteiger partial charge >= 0.3 is 5.76 Å². The van der Waals surface area contributed by atoms with Crippen LogP contribution >= 0.6 is 0 Å². The fourth-order valence-corrected chi connectivity index (χ4v) is 4.41. The van der Waals surface area contributed by atoms with Gasteiger partial charge in [-0.3, -0.25) is 14.3 Å². The maximum atomic E-state index is 12.2. The molecule has 162 valence electrons. The Morgan fingerprint density at radius 3 is 2.71 bits per heavy atom. The molecule has 1 aliphatic carbocycles. The Morgan fingerprint density at radius 1 is 1.32 bits per heavy atom. The van der Waals surface area contributed by atoms with Crippen molar-refractivity contribution >= 4 is 11.6 Å². The van der Waals surface area contributed by atoms with Crippen molar-refractivity contribution in [3.63, 3.8) is 0 Å². The number of fused-ring (bicyclic) bond motifs is 1. The highest BCUT2D eigenvalue weighted by atomic mass is 16.5. The maximum Gasteiger partial charge on any atom is 0.439 e. The van der Waals surface area contributed by atoms with E-state index in [2.05, 4.69) is 20.0 Å². The van der Waals surface area contributed by atoms with Gasteiger partial charge in [-0.2, -0.15) is 0 Å². The lowest BCUT2D eigenvalue weighted by atomic mass is 9.83. The lowest BCUT2D eigenvalue weighted by molar-refractivity contribution is 0.0856. The zero-order valence-electron chi connectivity index (χ0n) is 17.7. The number of rotatable bonds is 5. The minimum atomic E-state index is -0.777. The number of benzene rings is 2. The molecule has 0 saturated heterocycles. The van der Waals surface area contributed by atoms with E-state index in [1.165, 1.54) is 16.7 Å². The van der Waals surface area contributed by atoms with Crippen molar-refractivity contribution in [1.29, 1.82) is 0 Å². The summed E-state index contributed by atoms with van der Waals surface area (Å²) in [5, 5.41) is 16.6. The number of methoxy groups -OCH3 is 1. The molecule has 1 aliphatic rings. The molecule has 0 bridgehead atoms. The third-order valence-corrected chi connectivity index (χ3v) is 5.91. The summed E-state index contributed by atoms with van der Waals surface area (Å²) in [5.74, 6) is -1.20. The average Bonchev–Trinajstić information content (AvgIpc) is 3.18. The quantitative estimate of drug-likeness (QED) is 0.578. The number of phenolic OH excluding ortho intramolecular Hbond substituents is 1. The summed E-state index contributed by atoms with van der Waals surface area (Å²) in [4.78, 5) is 25.5. The molecular formula is C23H25N3O5. The molecule has 1 amide bonds. The van der Waals surface area contributed by atoms with Gasteiger partial charge in [0, 0.05) is 18.4 Å². The Balaban J connectivity index is 1.62. The first kappa shape index (κ1) is 20.9. The van der Waals surface area contributed by atoms with Gasteiger partial charge in [0.05, 0.1) is 6.10 Å². The molecule has 8 heteroatoms. The van der Waals surface area contributed by atoms with E-state index in [4.69, 9.17) is 4.74 Å². The zero-order valence-corrected chi connectivity index (χ0v) is 17.7. The molecule has 0 fully saturated rings. The SMILES string of the molecule is CO[C@H]1CCCc2c(Cc3c(C)cc(NC(=O)c4noc(=O)[nH]4)cc3C)ccc(O)c21. The smallest absolute Gasteiger partial charge is 0.439 e. The van der Waals surface area contributed by atoms with Gasteiger partial charge in [0.1, 0.15) is 5.75 Å². The van der Waals surface area contributed by atoms with E-state index in [0.29, 0.717) is 11.4 Å². The first-order valence-corrected chi connectivity index (χ1v) is 10.2. The second-order valence-electron chi connectivity index (χ2n) is 7.92. The number of ether oxygens (including phenoxy) is 1. The fourth-order valence-electron chi connectivity index (χ4n) is 4.41. The van der Waals surface area contributed by atoms with Crippen LogP contribution < -0.4 is 11.1 Å². The van der Waals surface area contributed by atoms with Crippen LogP contribution in [0.15, 0.2) is 33.6 Å². The minimum Gasteiger partial charge on any atom is -0.508 e. The Labute approximate surface area is 179 Å². The number of carbonyl (C=O) groups is 1. The Morgan fingerprint density at radius 2 is 2.06 bits per heavy atom. The molecule has 1 aromatic heterocycles. The third-order valence-electron chi connectivity index (χ3n) is 5.91. The zero-order chi connectivity index (χ0) is 22.1. The van der Waals surface area contributed by atoms with Gasteiger partial charge in [-0.25, -0.2) is 4.79 Å². The van der Waals surface area contributed by atoms with Gasteiger partial charge in [0.2, 0.25) is 5.82 Å². The summed E-state index contributed by atoms with van der Waals surface area (Å²) in [6.45, 7) is 4.00. The number of hydrogen-bond acceptors (Lipinski definition) is 6. The van der Waals surface area contributed by atoms with Crippen molar-refractivity contribution in [3.05, 3.63) is 74.0 Å². The Hall–Kier alpha value is -3.39. The highest BCUT2D eigenvalue weighted by Crippen LogP contribution is 2.40. The second-order valence-corrected chi connectivity index (χ2v) is 7.92. The number of nitrogens with one attached hydrogen (secondary N) is 2. The third kappa shape index (κ3) is 4.11. The van der Waals surface area contributed by atoms with Crippen LogP contribution in [0.2, 0.25) is 0 Å². The van der Waals surface area contributed by atoms with E-state index in [9.17, 15) is 14.7 Å². The Kier molecular flexibility index (Phi) is 5.65. The molecule has 3 N–H and O–H groups in total. The Bertz CT molecular complexity index is 1170. The lowest BCUT2D eigenvalue weighted by Crippen LogP contribution is -2.16. The van der Waals surface area contributed by atoms with E-state index in [-0.39, 0.29) is 11.9 Å². The monoisotopic (exact) mass is 423 g/mol. The molecule has 0 radical (unpaired) electrons. The minimum absolute atomic E-state index is 0.0774. The van der Waals surface area contributed by atoms with Gasteiger partial charge in [0.15, 0.2) is 0 Å². The fraction of sp³-hybridized carbons (Fsp3) is 0.348. The lowest BCUT2D eigenvalue weighted by Gasteiger charge is -2.27. The van der Waals surface area contributed by atoms with Crippen LogP contribution in [0.1, 0.15) is 62.9 Å². The molecule has 1 atom stereocenters. The molecule has 0 spiro atoms. The predicted octanol–water partition coefficient (Wildman–Crippen LogP) is 3.55. The number of phenols is 1. The number of aromatic amines is 1. The molecule has 1 heterocycles. The summed E-state index contributed by atoms with van der Waals surface area (Å²) in [7, 11) is 1.68. The highest BCUT2D eigenvalue weighted by Gasteiger charge is 2.26. The first-order valence-electron chi connectivity index (χ1n) is 10.2. The number of carbonyl (C=O) groups excluding carboxylic acids is 1. The van der Waals surface area contributed by atoms with Gasteiger partial charge in [-0.05, 0) is 90.7 Å². The molecule has 3 aromatic rings. The van der Waals surface area contributed by atoms with Crippen molar-refractivity contribution in [3.8, 4) is 5.75 Å². The standard InChI is InChI=1S/C23H25N3O5/c1-12-9-15(24-22(28)21-25-23(29)31-26-21)10-13(2)17(12)11-14-7-8-18(27)20-16(14)5-4-6-19(20)30-3/h7-10,19,27H,4-6,11H2,1-3H3,(H,24,28)(H,25,26,29)/t19-/m0/s1. The summed E-state index contributed by atoms with van der Waals surface area (Å²) in [5.41, 5.74) is 7.10. The topological polar surface area (TPSA) is 117 Å². The summed E-state index contributed by atoms with van der Waals surface area (Å²) in [6.07, 6.45) is 3.49. The number of H-pyrrole nitrogens is 1. The van der Waals surface area contributed by atoms with Crippen molar-refractivity contribution in [2.75, 3.05) is 12.4 Å². The van der Waals surface area contributed by atoms with E-state index in [1.54, 1.807) is 13.2 Å².